The van der Waals surface area contributed by atoms with Gasteiger partial charge in [-0.1, -0.05) is 12.1 Å². The molecule has 1 fully saturated rings. The second-order valence-electron chi connectivity index (χ2n) is 5.82. The summed E-state index contributed by atoms with van der Waals surface area (Å²) < 4.78 is 2.24. The van der Waals surface area contributed by atoms with E-state index in [4.69, 9.17) is 4.98 Å². The minimum Gasteiger partial charge on any atom is -0.331 e. The van der Waals surface area contributed by atoms with Gasteiger partial charge in [0.25, 0.3) is 0 Å². The standard InChI is InChI=1S/C16H24N4/c1-18-10-12-20(13-11-18)9-5-8-16-17-14-6-3-4-7-15(14)19(16)2/h3-4,6-7H,5,8-13H2,1-2H3. The topological polar surface area (TPSA) is 24.3 Å². The zero-order valence-electron chi connectivity index (χ0n) is 12.5. The summed E-state index contributed by atoms with van der Waals surface area (Å²) in [4.78, 5) is 9.72. The minimum absolute atomic E-state index is 1.07. The Labute approximate surface area is 121 Å². The summed E-state index contributed by atoms with van der Waals surface area (Å²) in [5, 5.41) is 0. The summed E-state index contributed by atoms with van der Waals surface area (Å²) in [6.45, 7) is 6.01. The Balaban J connectivity index is 1.56. The van der Waals surface area contributed by atoms with Crippen LogP contribution in [0.5, 0.6) is 0 Å². The molecule has 108 valence electrons. The van der Waals surface area contributed by atoms with Gasteiger partial charge >= 0.3 is 0 Å². The number of para-hydroxylation sites is 2. The van der Waals surface area contributed by atoms with Gasteiger partial charge in [-0.15, -0.1) is 0 Å². The molecule has 0 saturated carbocycles. The van der Waals surface area contributed by atoms with Gasteiger partial charge in [0.1, 0.15) is 5.82 Å². The molecule has 20 heavy (non-hydrogen) atoms. The van der Waals surface area contributed by atoms with Crippen molar-refractivity contribution in [3.8, 4) is 0 Å². The Bertz CT molecular complexity index is 567. The summed E-state index contributed by atoms with van der Waals surface area (Å²) in [7, 11) is 4.33. The molecule has 1 aliphatic heterocycles. The molecule has 2 aromatic rings. The molecule has 0 radical (unpaired) electrons. The summed E-state index contributed by atoms with van der Waals surface area (Å²) >= 11 is 0. The van der Waals surface area contributed by atoms with Crippen LogP contribution in [0, 0.1) is 0 Å². The number of nitrogens with zero attached hydrogens (tertiary/aromatic N) is 4. The van der Waals surface area contributed by atoms with Gasteiger partial charge in [0.2, 0.25) is 0 Å². The highest BCUT2D eigenvalue weighted by Gasteiger charge is 2.13. The van der Waals surface area contributed by atoms with Gasteiger partial charge in [-0.2, -0.15) is 0 Å². The highest BCUT2D eigenvalue weighted by atomic mass is 15.2. The van der Waals surface area contributed by atoms with Crippen LogP contribution in [0.3, 0.4) is 0 Å². The van der Waals surface area contributed by atoms with Crippen molar-refractivity contribution in [2.24, 2.45) is 7.05 Å². The largest absolute Gasteiger partial charge is 0.331 e. The highest BCUT2D eigenvalue weighted by molar-refractivity contribution is 5.75. The van der Waals surface area contributed by atoms with Crippen LogP contribution in [0.15, 0.2) is 24.3 Å². The molecule has 0 amide bonds. The quantitative estimate of drug-likeness (QED) is 0.847. The first-order valence-corrected chi connectivity index (χ1v) is 7.55. The number of likely N-dealkylation sites (N-methyl/N-ethyl adjacent to an activating group) is 1. The van der Waals surface area contributed by atoms with Crippen LogP contribution in [0.25, 0.3) is 11.0 Å². The zero-order chi connectivity index (χ0) is 13.9. The second kappa shape index (κ2) is 5.94. The van der Waals surface area contributed by atoms with Crippen LogP contribution in [-0.2, 0) is 13.5 Å². The van der Waals surface area contributed by atoms with E-state index in [0.29, 0.717) is 0 Å². The predicted molar refractivity (Wildman–Crippen MR) is 83.0 cm³/mol. The normalized spacial score (nSPS) is 17.9. The number of aryl methyl sites for hydroxylation is 2. The van der Waals surface area contributed by atoms with Crippen molar-refractivity contribution < 1.29 is 0 Å². The molecule has 0 N–H and O–H groups in total. The molecule has 2 heterocycles. The third-order valence-electron chi connectivity index (χ3n) is 4.35. The number of hydrogen-bond donors (Lipinski definition) is 0. The summed E-state index contributed by atoms with van der Waals surface area (Å²) in [5.41, 5.74) is 2.35. The lowest BCUT2D eigenvalue weighted by Crippen LogP contribution is -2.44. The van der Waals surface area contributed by atoms with Gasteiger partial charge in [0.05, 0.1) is 11.0 Å². The molecule has 4 nitrogen and oxygen atoms in total. The number of imidazole rings is 1. The van der Waals surface area contributed by atoms with Crippen LogP contribution >= 0.6 is 0 Å². The molecule has 0 atom stereocenters. The molecule has 0 unspecified atom stereocenters. The summed E-state index contributed by atoms with van der Waals surface area (Å²) in [5.74, 6) is 1.21. The molecule has 1 aromatic heterocycles. The average Bonchev–Trinajstić information content (AvgIpc) is 2.78. The van der Waals surface area contributed by atoms with Crippen molar-refractivity contribution in [3.05, 3.63) is 30.1 Å². The van der Waals surface area contributed by atoms with Gasteiger partial charge < -0.3 is 14.4 Å². The van der Waals surface area contributed by atoms with E-state index in [-0.39, 0.29) is 0 Å². The van der Waals surface area contributed by atoms with E-state index in [9.17, 15) is 0 Å². The van der Waals surface area contributed by atoms with Crippen LogP contribution in [0.1, 0.15) is 12.2 Å². The molecule has 1 aromatic carbocycles. The number of hydrogen-bond acceptors (Lipinski definition) is 3. The monoisotopic (exact) mass is 272 g/mol. The first-order chi connectivity index (χ1) is 9.74. The Morgan fingerprint density at radius 2 is 1.80 bits per heavy atom. The van der Waals surface area contributed by atoms with Crippen molar-refractivity contribution in [2.75, 3.05) is 39.8 Å². The number of piperazine rings is 1. The zero-order valence-corrected chi connectivity index (χ0v) is 12.5. The Hall–Kier alpha value is -1.39. The lowest BCUT2D eigenvalue weighted by molar-refractivity contribution is 0.153. The van der Waals surface area contributed by atoms with Gasteiger partial charge in [0, 0.05) is 39.6 Å². The Kier molecular flexibility index (Phi) is 4.03. The minimum atomic E-state index is 1.07. The molecule has 0 spiro atoms. The van der Waals surface area contributed by atoms with Crippen molar-refractivity contribution in [3.63, 3.8) is 0 Å². The van der Waals surface area contributed by atoms with Crippen molar-refractivity contribution in [1.82, 2.24) is 19.4 Å². The van der Waals surface area contributed by atoms with Gasteiger partial charge in [0.15, 0.2) is 0 Å². The fourth-order valence-corrected chi connectivity index (χ4v) is 2.95. The van der Waals surface area contributed by atoms with Crippen LogP contribution in [-0.4, -0.2) is 59.1 Å². The number of benzene rings is 1. The molecule has 0 bridgehead atoms. The van der Waals surface area contributed by atoms with E-state index < -0.39 is 0 Å². The van der Waals surface area contributed by atoms with Gasteiger partial charge in [-0.05, 0) is 32.1 Å². The number of fused-ring (bicyclic) bond motifs is 1. The van der Waals surface area contributed by atoms with Crippen molar-refractivity contribution in [1.29, 1.82) is 0 Å². The van der Waals surface area contributed by atoms with Gasteiger partial charge in [-0.3, -0.25) is 0 Å². The molecule has 1 aliphatic rings. The molecule has 0 aliphatic carbocycles. The Morgan fingerprint density at radius 1 is 1.05 bits per heavy atom. The van der Waals surface area contributed by atoms with E-state index >= 15 is 0 Å². The molecule has 3 rings (SSSR count). The van der Waals surface area contributed by atoms with Crippen molar-refractivity contribution >= 4 is 11.0 Å². The number of aromatic nitrogens is 2. The van der Waals surface area contributed by atoms with Gasteiger partial charge in [-0.25, -0.2) is 4.98 Å². The third-order valence-corrected chi connectivity index (χ3v) is 4.35. The third kappa shape index (κ3) is 2.86. The number of rotatable bonds is 4. The van der Waals surface area contributed by atoms with Crippen LogP contribution in [0.4, 0.5) is 0 Å². The molecular formula is C16H24N4. The van der Waals surface area contributed by atoms with Crippen LogP contribution < -0.4 is 0 Å². The lowest BCUT2D eigenvalue weighted by Gasteiger charge is -2.32. The Morgan fingerprint density at radius 3 is 2.55 bits per heavy atom. The fraction of sp³-hybridized carbons (Fsp3) is 0.562. The first kappa shape index (κ1) is 13.6. The maximum absolute atomic E-state index is 4.74. The maximum atomic E-state index is 4.74. The first-order valence-electron chi connectivity index (χ1n) is 7.55. The fourth-order valence-electron chi connectivity index (χ4n) is 2.95. The molecular weight excluding hydrogens is 248 g/mol. The van der Waals surface area contributed by atoms with E-state index in [2.05, 4.69) is 52.7 Å². The molecule has 1 saturated heterocycles. The van der Waals surface area contributed by atoms with Crippen LogP contribution in [0.2, 0.25) is 0 Å². The van der Waals surface area contributed by atoms with E-state index in [0.717, 1.165) is 11.9 Å². The van der Waals surface area contributed by atoms with E-state index in [1.54, 1.807) is 0 Å². The smallest absolute Gasteiger partial charge is 0.109 e. The van der Waals surface area contributed by atoms with Crippen molar-refractivity contribution in [2.45, 2.75) is 12.8 Å². The summed E-state index contributed by atoms with van der Waals surface area (Å²) in [6.07, 6.45) is 2.26. The summed E-state index contributed by atoms with van der Waals surface area (Å²) in [6, 6.07) is 8.38. The predicted octanol–water partition coefficient (Wildman–Crippen LogP) is 1.75. The average molecular weight is 272 g/mol. The second-order valence-corrected chi connectivity index (χ2v) is 5.82. The van der Waals surface area contributed by atoms with E-state index in [1.165, 1.54) is 50.5 Å². The van der Waals surface area contributed by atoms with E-state index in [1.807, 2.05) is 0 Å². The SMILES string of the molecule is CN1CCN(CCCc2nc3ccccc3n2C)CC1. The lowest BCUT2D eigenvalue weighted by atomic mass is 10.2. The maximum Gasteiger partial charge on any atom is 0.109 e. The highest BCUT2D eigenvalue weighted by Crippen LogP contribution is 2.15. The molecule has 4 heteroatoms.